The van der Waals surface area contributed by atoms with Crippen molar-refractivity contribution in [2.45, 2.75) is 32.9 Å². The van der Waals surface area contributed by atoms with Crippen molar-refractivity contribution in [1.29, 1.82) is 0 Å². The van der Waals surface area contributed by atoms with E-state index >= 15 is 0 Å². The molecule has 0 spiro atoms. The summed E-state index contributed by atoms with van der Waals surface area (Å²) in [5.41, 5.74) is 1.22. The summed E-state index contributed by atoms with van der Waals surface area (Å²) in [6, 6.07) is 7.99. The highest BCUT2D eigenvalue weighted by molar-refractivity contribution is 5.79. The number of hydrogen-bond donors (Lipinski definition) is 2. The Bertz CT molecular complexity index is 466. The van der Waals surface area contributed by atoms with Gasteiger partial charge in [0.25, 0.3) is 0 Å². The van der Waals surface area contributed by atoms with E-state index in [2.05, 4.69) is 55.4 Å². The van der Waals surface area contributed by atoms with E-state index in [4.69, 9.17) is 4.74 Å². The lowest BCUT2D eigenvalue weighted by Crippen LogP contribution is -2.50. The molecule has 0 saturated heterocycles. The maximum absolute atomic E-state index is 5.17. The second-order valence-electron chi connectivity index (χ2n) is 6.10. The Morgan fingerprint density at radius 1 is 1.18 bits per heavy atom. The molecule has 0 heterocycles. The van der Waals surface area contributed by atoms with Gasteiger partial charge in [-0.3, -0.25) is 0 Å². The van der Waals surface area contributed by atoms with Crippen LogP contribution in [0.4, 0.5) is 0 Å². The molecule has 0 fully saturated rings. The van der Waals surface area contributed by atoms with Crippen LogP contribution in [0.5, 0.6) is 5.75 Å². The van der Waals surface area contributed by atoms with Gasteiger partial charge in [-0.2, -0.15) is 0 Å². The molecule has 0 aliphatic rings. The van der Waals surface area contributed by atoms with E-state index in [1.807, 2.05) is 24.3 Å². The van der Waals surface area contributed by atoms with Gasteiger partial charge in [-0.1, -0.05) is 12.1 Å². The van der Waals surface area contributed by atoms with Crippen LogP contribution in [-0.2, 0) is 6.54 Å². The van der Waals surface area contributed by atoms with Crippen LogP contribution in [0.15, 0.2) is 29.3 Å². The topological polar surface area (TPSA) is 48.9 Å². The molecule has 124 valence electrons. The van der Waals surface area contributed by atoms with Crippen molar-refractivity contribution in [2.24, 2.45) is 4.99 Å². The summed E-state index contributed by atoms with van der Waals surface area (Å²) in [7, 11) is 5.85. The van der Waals surface area contributed by atoms with E-state index in [1.165, 1.54) is 0 Å². The number of nitrogens with zero attached hydrogens (tertiary/aromatic N) is 2. The van der Waals surface area contributed by atoms with Crippen LogP contribution in [0.25, 0.3) is 0 Å². The summed E-state index contributed by atoms with van der Waals surface area (Å²) in [4.78, 5) is 6.84. The Balaban J connectivity index is 2.64. The van der Waals surface area contributed by atoms with Crippen molar-refractivity contribution < 1.29 is 4.74 Å². The number of ether oxygens (including phenoxy) is 1. The summed E-state index contributed by atoms with van der Waals surface area (Å²) in [5.74, 6) is 1.71. The molecule has 22 heavy (non-hydrogen) atoms. The van der Waals surface area contributed by atoms with Crippen LogP contribution in [0.1, 0.15) is 26.3 Å². The van der Waals surface area contributed by atoms with Crippen LogP contribution >= 0.6 is 0 Å². The van der Waals surface area contributed by atoms with Gasteiger partial charge in [-0.25, -0.2) is 4.99 Å². The van der Waals surface area contributed by atoms with Crippen molar-refractivity contribution in [3.8, 4) is 5.75 Å². The fourth-order valence-corrected chi connectivity index (χ4v) is 1.70. The molecule has 0 aliphatic carbocycles. The lowest BCUT2D eigenvalue weighted by atomic mass is 10.0. The van der Waals surface area contributed by atoms with Crippen LogP contribution in [0, 0.1) is 0 Å². The molecule has 0 atom stereocenters. The molecule has 2 N–H and O–H groups in total. The molecule has 0 unspecified atom stereocenters. The zero-order valence-corrected chi connectivity index (χ0v) is 14.7. The summed E-state index contributed by atoms with van der Waals surface area (Å²) in [5, 5.41) is 6.69. The molecule has 0 bridgehead atoms. The maximum Gasteiger partial charge on any atom is 0.191 e. The van der Waals surface area contributed by atoms with Crippen molar-refractivity contribution in [1.82, 2.24) is 15.5 Å². The summed E-state index contributed by atoms with van der Waals surface area (Å²) >= 11 is 0. The second kappa shape index (κ2) is 8.63. The van der Waals surface area contributed by atoms with Gasteiger partial charge in [-0.15, -0.1) is 0 Å². The Morgan fingerprint density at radius 3 is 2.32 bits per heavy atom. The minimum atomic E-state index is 0.0658. The average Bonchev–Trinajstić information content (AvgIpc) is 2.50. The third-order valence-electron chi connectivity index (χ3n) is 3.82. The highest BCUT2D eigenvalue weighted by Gasteiger charge is 2.20. The molecular formula is C17H30N4O. The van der Waals surface area contributed by atoms with Gasteiger partial charge < -0.3 is 20.3 Å². The molecule has 0 saturated carbocycles. The van der Waals surface area contributed by atoms with E-state index in [1.54, 1.807) is 7.11 Å². The normalized spacial score (nSPS) is 12.4. The molecule has 0 aromatic heterocycles. The SMILES string of the molecule is CCNC(=NCc1ccc(OC)cc1)NCC(C)(C)N(C)C. The van der Waals surface area contributed by atoms with Gasteiger partial charge in [0.05, 0.1) is 13.7 Å². The number of methoxy groups -OCH3 is 1. The molecule has 0 amide bonds. The number of rotatable bonds is 7. The minimum absolute atomic E-state index is 0.0658. The number of likely N-dealkylation sites (N-methyl/N-ethyl adjacent to an activating group) is 1. The first-order valence-corrected chi connectivity index (χ1v) is 7.71. The molecule has 5 heteroatoms. The molecule has 0 aliphatic heterocycles. The molecule has 1 rings (SSSR count). The Hall–Kier alpha value is -1.75. The summed E-state index contributed by atoms with van der Waals surface area (Å²) in [6.45, 7) is 8.79. The van der Waals surface area contributed by atoms with Gasteiger partial charge >= 0.3 is 0 Å². The molecule has 1 aromatic rings. The highest BCUT2D eigenvalue weighted by Crippen LogP contribution is 2.12. The Labute approximate surface area is 134 Å². The first-order valence-electron chi connectivity index (χ1n) is 7.71. The monoisotopic (exact) mass is 306 g/mol. The lowest BCUT2D eigenvalue weighted by Gasteiger charge is -2.33. The fraction of sp³-hybridized carbons (Fsp3) is 0.588. The van der Waals surface area contributed by atoms with E-state index < -0.39 is 0 Å². The largest absolute Gasteiger partial charge is 0.497 e. The van der Waals surface area contributed by atoms with E-state index in [-0.39, 0.29) is 5.54 Å². The van der Waals surface area contributed by atoms with Crippen LogP contribution in [-0.4, -0.2) is 50.7 Å². The van der Waals surface area contributed by atoms with Gasteiger partial charge in [-0.05, 0) is 52.6 Å². The smallest absolute Gasteiger partial charge is 0.191 e. The fourth-order valence-electron chi connectivity index (χ4n) is 1.70. The summed E-state index contributed by atoms with van der Waals surface area (Å²) in [6.07, 6.45) is 0. The van der Waals surface area contributed by atoms with E-state index in [0.717, 1.165) is 30.4 Å². The molecule has 5 nitrogen and oxygen atoms in total. The number of aliphatic imine (C=N–C) groups is 1. The molecule has 1 aromatic carbocycles. The predicted octanol–water partition coefficient (Wildman–Crippen LogP) is 2.09. The Morgan fingerprint density at radius 2 is 1.82 bits per heavy atom. The number of guanidine groups is 1. The summed E-state index contributed by atoms with van der Waals surface area (Å²) < 4.78 is 5.17. The van der Waals surface area contributed by atoms with Crippen molar-refractivity contribution in [3.05, 3.63) is 29.8 Å². The average molecular weight is 306 g/mol. The quantitative estimate of drug-likeness (QED) is 0.598. The van der Waals surface area contributed by atoms with Gasteiger partial charge in [0.2, 0.25) is 0 Å². The first kappa shape index (κ1) is 18.3. The van der Waals surface area contributed by atoms with Crippen molar-refractivity contribution in [3.63, 3.8) is 0 Å². The predicted molar refractivity (Wildman–Crippen MR) is 93.6 cm³/mol. The third-order valence-corrected chi connectivity index (χ3v) is 3.82. The lowest BCUT2D eigenvalue weighted by molar-refractivity contribution is 0.197. The molecular weight excluding hydrogens is 276 g/mol. The highest BCUT2D eigenvalue weighted by atomic mass is 16.5. The standard InChI is InChI=1S/C17H30N4O/c1-7-18-16(20-13-17(2,3)21(4)5)19-12-14-8-10-15(22-6)11-9-14/h8-11H,7,12-13H2,1-6H3,(H2,18,19,20). The van der Waals surface area contributed by atoms with Crippen molar-refractivity contribution in [2.75, 3.05) is 34.3 Å². The van der Waals surface area contributed by atoms with E-state index in [9.17, 15) is 0 Å². The zero-order chi connectivity index (χ0) is 16.6. The Kier molecular flexibility index (Phi) is 7.18. The van der Waals surface area contributed by atoms with E-state index in [0.29, 0.717) is 6.54 Å². The van der Waals surface area contributed by atoms with Crippen LogP contribution < -0.4 is 15.4 Å². The van der Waals surface area contributed by atoms with Crippen LogP contribution in [0.2, 0.25) is 0 Å². The maximum atomic E-state index is 5.17. The number of benzene rings is 1. The second-order valence-corrected chi connectivity index (χ2v) is 6.10. The van der Waals surface area contributed by atoms with Crippen LogP contribution in [0.3, 0.4) is 0 Å². The first-order chi connectivity index (χ1) is 10.4. The number of nitrogens with one attached hydrogen (secondary N) is 2. The van der Waals surface area contributed by atoms with Gasteiger partial charge in [0, 0.05) is 18.6 Å². The zero-order valence-electron chi connectivity index (χ0n) is 14.7. The van der Waals surface area contributed by atoms with Gasteiger partial charge in [0.1, 0.15) is 5.75 Å². The minimum Gasteiger partial charge on any atom is -0.497 e. The third kappa shape index (κ3) is 5.93. The molecule has 0 radical (unpaired) electrons. The van der Waals surface area contributed by atoms with Gasteiger partial charge in [0.15, 0.2) is 5.96 Å². The van der Waals surface area contributed by atoms with Crippen molar-refractivity contribution >= 4 is 5.96 Å². The number of hydrogen-bond acceptors (Lipinski definition) is 3.